The first-order chi connectivity index (χ1) is 9.13. The van der Waals surface area contributed by atoms with Crippen molar-refractivity contribution in [2.75, 3.05) is 20.3 Å². The second kappa shape index (κ2) is 5.97. The van der Waals surface area contributed by atoms with Gasteiger partial charge in [0.05, 0.1) is 12.3 Å². The molecule has 0 radical (unpaired) electrons. The molecule has 1 heterocycles. The number of rotatable bonds is 5. The number of nitrogens with zero attached hydrogens (tertiary/aromatic N) is 2. The Morgan fingerprint density at radius 1 is 1.58 bits per heavy atom. The molecule has 1 aromatic heterocycles. The average Bonchev–Trinajstić information content (AvgIpc) is 2.84. The molecule has 1 aliphatic carbocycles. The fraction of sp³-hybridized carbons (Fsp3) is 0.615. The molecule has 0 saturated carbocycles. The highest BCUT2D eigenvalue weighted by molar-refractivity contribution is 5.79. The van der Waals surface area contributed by atoms with Gasteiger partial charge in [-0.1, -0.05) is 0 Å². The molecule has 0 spiro atoms. The Labute approximate surface area is 111 Å². The third kappa shape index (κ3) is 3.01. The molecule has 1 amide bonds. The summed E-state index contributed by atoms with van der Waals surface area (Å²) >= 11 is 0. The number of fused-ring (bicyclic) bond motifs is 1. The minimum Gasteiger partial charge on any atom is -0.383 e. The normalized spacial score (nSPS) is 15.1. The van der Waals surface area contributed by atoms with Crippen molar-refractivity contribution in [1.29, 1.82) is 0 Å². The van der Waals surface area contributed by atoms with Crippen LogP contribution in [0.3, 0.4) is 0 Å². The second-order valence-electron chi connectivity index (χ2n) is 4.71. The third-order valence-electron chi connectivity index (χ3n) is 3.33. The molecular weight excluding hydrogens is 246 g/mol. The summed E-state index contributed by atoms with van der Waals surface area (Å²) in [5, 5.41) is 7.03. The average molecular weight is 265 g/mol. The summed E-state index contributed by atoms with van der Waals surface area (Å²) in [6, 6.07) is 1.00. The van der Waals surface area contributed by atoms with E-state index in [0.717, 1.165) is 30.5 Å². The van der Waals surface area contributed by atoms with Crippen LogP contribution in [0.2, 0.25) is 0 Å². The van der Waals surface area contributed by atoms with E-state index in [4.69, 9.17) is 4.74 Å². The molecule has 0 saturated heterocycles. The van der Waals surface area contributed by atoms with Crippen LogP contribution in [0.25, 0.3) is 0 Å². The van der Waals surface area contributed by atoms with E-state index < -0.39 is 6.04 Å². The van der Waals surface area contributed by atoms with Crippen LogP contribution in [-0.4, -0.2) is 35.9 Å². The fourth-order valence-electron chi connectivity index (χ4n) is 2.23. The Bertz CT molecular complexity index is 524. The minimum absolute atomic E-state index is 0.213. The molecule has 0 aliphatic heterocycles. The molecule has 1 unspecified atom stereocenters. The number of nitrogens with one attached hydrogen (secondary N) is 1. The summed E-state index contributed by atoms with van der Waals surface area (Å²) in [6.45, 7) is 2.56. The van der Waals surface area contributed by atoms with Crippen LogP contribution < -0.4 is 10.9 Å². The molecule has 19 heavy (non-hydrogen) atoms. The number of aryl methyl sites for hydroxylation is 2. The van der Waals surface area contributed by atoms with Crippen LogP contribution in [0, 0.1) is 0 Å². The van der Waals surface area contributed by atoms with Crippen LogP contribution in [-0.2, 0) is 22.4 Å². The first-order valence-electron chi connectivity index (χ1n) is 6.51. The molecule has 1 N–H and O–H groups in total. The van der Waals surface area contributed by atoms with E-state index in [2.05, 4.69) is 10.4 Å². The van der Waals surface area contributed by atoms with E-state index in [-0.39, 0.29) is 11.5 Å². The highest BCUT2D eigenvalue weighted by Crippen LogP contribution is 2.17. The maximum absolute atomic E-state index is 12.0. The minimum atomic E-state index is -0.602. The Morgan fingerprint density at radius 3 is 3.11 bits per heavy atom. The van der Waals surface area contributed by atoms with E-state index in [9.17, 15) is 9.59 Å². The summed E-state index contributed by atoms with van der Waals surface area (Å²) in [5.41, 5.74) is 1.75. The lowest BCUT2D eigenvalue weighted by Crippen LogP contribution is -2.38. The topological polar surface area (TPSA) is 73.2 Å². The van der Waals surface area contributed by atoms with Crippen molar-refractivity contribution in [3.63, 3.8) is 0 Å². The zero-order valence-electron chi connectivity index (χ0n) is 11.3. The van der Waals surface area contributed by atoms with Gasteiger partial charge in [-0.25, -0.2) is 4.68 Å². The van der Waals surface area contributed by atoms with Gasteiger partial charge in [0.25, 0.3) is 5.56 Å². The first kappa shape index (κ1) is 13.7. The predicted molar refractivity (Wildman–Crippen MR) is 70.1 cm³/mol. The second-order valence-corrected chi connectivity index (χ2v) is 4.71. The number of ether oxygens (including phenoxy) is 1. The zero-order valence-corrected chi connectivity index (χ0v) is 11.3. The number of carbonyl (C=O) groups excluding carboxylic acids is 1. The van der Waals surface area contributed by atoms with Gasteiger partial charge in [0, 0.05) is 19.7 Å². The SMILES string of the molecule is COCCNC(=O)C(C)n1nc2c(cc1=O)CCC2. The summed E-state index contributed by atoms with van der Waals surface area (Å²) in [5.74, 6) is -0.218. The Hall–Kier alpha value is -1.69. The molecule has 2 rings (SSSR count). The standard InChI is InChI=1S/C13H19N3O3/c1-9(13(18)14-6-7-19-2)16-12(17)8-10-4-3-5-11(10)15-16/h8-9H,3-7H2,1-2H3,(H,14,18). The van der Waals surface area contributed by atoms with E-state index in [1.807, 2.05) is 0 Å². The van der Waals surface area contributed by atoms with Crippen molar-refractivity contribution in [3.8, 4) is 0 Å². The molecule has 0 bridgehead atoms. The number of hydrogen-bond donors (Lipinski definition) is 1. The van der Waals surface area contributed by atoms with Crippen LogP contribution in [0.1, 0.15) is 30.6 Å². The van der Waals surface area contributed by atoms with Gasteiger partial charge >= 0.3 is 0 Å². The van der Waals surface area contributed by atoms with Gasteiger partial charge in [0.1, 0.15) is 6.04 Å². The van der Waals surface area contributed by atoms with E-state index in [0.29, 0.717) is 13.2 Å². The van der Waals surface area contributed by atoms with Crippen LogP contribution in [0.15, 0.2) is 10.9 Å². The lowest BCUT2D eigenvalue weighted by Gasteiger charge is -2.14. The summed E-state index contributed by atoms with van der Waals surface area (Å²) in [7, 11) is 1.57. The number of aromatic nitrogens is 2. The monoisotopic (exact) mass is 265 g/mol. The van der Waals surface area contributed by atoms with Crippen molar-refractivity contribution in [2.24, 2.45) is 0 Å². The zero-order chi connectivity index (χ0) is 13.8. The van der Waals surface area contributed by atoms with Crippen LogP contribution in [0.5, 0.6) is 0 Å². The van der Waals surface area contributed by atoms with Gasteiger partial charge < -0.3 is 10.1 Å². The number of methoxy groups -OCH3 is 1. The Kier molecular flexibility index (Phi) is 4.31. The summed E-state index contributed by atoms with van der Waals surface area (Å²) in [6.07, 6.45) is 2.82. The highest BCUT2D eigenvalue weighted by atomic mass is 16.5. The van der Waals surface area contributed by atoms with Crippen LogP contribution in [0.4, 0.5) is 0 Å². The van der Waals surface area contributed by atoms with Gasteiger partial charge in [-0.15, -0.1) is 0 Å². The maximum Gasteiger partial charge on any atom is 0.267 e. The Morgan fingerprint density at radius 2 is 2.37 bits per heavy atom. The van der Waals surface area contributed by atoms with Gasteiger partial charge in [0.15, 0.2) is 0 Å². The van der Waals surface area contributed by atoms with Gasteiger partial charge in [-0.2, -0.15) is 5.10 Å². The quantitative estimate of drug-likeness (QED) is 0.764. The van der Waals surface area contributed by atoms with Gasteiger partial charge in [-0.05, 0) is 31.7 Å². The lowest BCUT2D eigenvalue weighted by atomic mass is 10.2. The number of hydrogen-bond acceptors (Lipinski definition) is 4. The molecule has 6 nitrogen and oxygen atoms in total. The van der Waals surface area contributed by atoms with Crippen molar-refractivity contribution < 1.29 is 9.53 Å². The van der Waals surface area contributed by atoms with E-state index in [1.165, 1.54) is 4.68 Å². The highest BCUT2D eigenvalue weighted by Gasteiger charge is 2.20. The molecule has 1 atom stereocenters. The van der Waals surface area contributed by atoms with Gasteiger partial charge in [-0.3, -0.25) is 9.59 Å². The predicted octanol–water partition coefficient (Wildman–Crippen LogP) is 0.0556. The van der Waals surface area contributed by atoms with Crippen molar-refractivity contribution in [2.45, 2.75) is 32.2 Å². The molecular formula is C13H19N3O3. The summed E-state index contributed by atoms with van der Waals surface area (Å²) < 4.78 is 6.13. The van der Waals surface area contributed by atoms with Crippen LogP contribution >= 0.6 is 0 Å². The molecule has 1 aromatic rings. The number of amides is 1. The maximum atomic E-state index is 12.0. The van der Waals surface area contributed by atoms with Crippen molar-refractivity contribution in [3.05, 3.63) is 27.7 Å². The smallest absolute Gasteiger partial charge is 0.267 e. The molecule has 0 aromatic carbocycles. The third-order valence-corrected chi connectivity index (χ3v) is 3.33. The van der Waals surface area contributed by atoms with Crippen molar-refractivity contribution in [1.82, 2.24) is 15.1 Å². The molecule has 0 fully saturated rings. The van der Waals surface area contributed by atoms with Crippen molar-refractivity contribution >= 4 is 5.91 Å². The molecule has 1 aliphatic rings. The lowest BCUT2D eigenvalue weighted by molar-refractivity contribution is -0.124. The van der Waals surface area contributed by atoms with E-state index in [1.54, 1.807) is 20.1 Å². The van der Waals surface area contributed by atoms with E-state index >= 15 is 0 Å². The summed E-state index contributed by atoms with van der Waals surface area (Å²) in [4.78, 5) is 23.9. The fourth-order valence-corrected chi connectivity index (χ4v) is 2.23. The largest absolute Gasteiger partial charge is 0.383 e. The van der Waals surface area contributed by atoms with Gasteiger partial charge in [0.2, 0.25) is 5.91 Å². The number of carbonyl (C=O) groups is 1. The molecule has 6 heteroatoms. The first-order valence-corrected chi connectivity index (χ1v) is 6.51. The Balaban J connectivity index is 2.13. The molecule has 104 valence electrons.